The first kappa shape index (κ1) is 22.4. The molecule has 1 aromatic heterocycles. The first-order chi connectivity index (χ1) is 15.2. The van der Waals surface area contributed by atoms with Gasteiger partial charge in [-0.1, -0.05) is 11.6 Å². The van der Waals surface area contributed by atoms with E-state index in [2.05, 4.69) is 20.5 Å². The van der Waals surface area contributed by atoms with Gasteiger partial charge in [-0.25, -0.2) is 17.8 Å². The van der Waals surface area contributed by atoms with Crippen LogP contribution in [0.1, 0.15) is 18.7 Å². The highest BCUT2D eigenvalue weighted by molar-refractivity contribution is 7.89. The van der Waals surface area contributed by atoms with Gasteiger partial charge in [0.15, 0.2) is 5.82 Å². The first-order valence-electron chi connectivity index (χ1n) is 9.99. The minimum atomic E-state index is -3.80. The molecule has 32 heavy (non-hydrogen) atoms. The highest BCUT2D eigenvalue weighted by Gasteiger charge is 2.32. The van der Waals surface area contributed by atoms with Crippen molar-refractivity contribution < 1.29 is 17.6 Å². The molecule has 3 aromatic rings. The molecule has 0 aliphatic carbocycles. The fourth-order valence-corrected chi connectivity index (χ4v) is 5.31. The Morgan fingerprint density at radius 3 is 2.47 bits per heavy atom. The van der Waals surface area contributed by atoms with Crippen LogP contribution in [0, 0.1) is 18.7 Å². The SMILES string of the molecule is Cc1nc(-c2ccc(NC(=O)C3CCN(S(=O)(=O)c4ccc(F)c(Cl)c4)CC3)cc2)n[nH]1. The third kappa shape index (κ3) is 4.67. The molecule has 1 aliphatic heterocycles. The second-order valence-corrected chi connectivity index (χ2v) is 9.91. The van der Waals surface area contributed by atoms with Gasteiger partial charge in [0.2, 0.25) is 15.9 Å². The van der Waals surface area contributed by atoms with Gasteiger partial charge in [0.25, 0.3) is 0 Å². The molecule has 0 radical (unpaired) electrons. The molecule has 2 heterocycles. The van der Waals surface area contributed by atoms with Crippen molar-refractivity contribution >= 4 is 33.2 Å². The zero-order chi connectivity index (χ0) is 22.9. The molecule has 0 saturated carbocycles. The lowest BCUT2D eigenvalue weighted by Gasteiger charge is -2.30. The molecule has 2 aromatic carbocycles. The van der Waals surface area contributed by atoms with Crippen molar-refractivity contribution in [2.75, 3.05) is 18.4 Å². The van der Waals surface area contributed by atoms with Crippen LogP contribution in [0.3, 0.4) is 0 Å². The Hall–Kier alpha value is -2.82. The Morgan fingerprint density at radius 1 is 1.19 bits per heavy atom. The van der Waals surface area contributed by atoms with Gasteiger partial charge < -0.3 is 5.32 Å². The highest BCUT2D eigenvalue weighted by atomic mass is 35.5. The lowest BCUT2D eigenvalue weighted by atomic mass is 9.97. The summed E-state index contributed by atoms with van der Waals surface area (Å²) in [4.78, 5) is 16.9. The van der Waals surface area contributed by atoms with Gasteiger partial charge in [0.05, 0.1) is 9.92 Å². The van der Waals surface area contributed by atoms with Crippen molar-refractivity contribution in [2.45, 2.75) is 24.7 Å². The monoisotopic (exact) mass is 477 g/mol. The topological polar surface area (TPSA) is 108 Å². The Balaban J connectivity index is 1.35. The number of carbonyl (C=O) groups is 1. The number of halogens is 2. The van der Waals surface area contributed by atoms with Gasteiger partial charge in [-0.3, -0.25) is 9.89 Å². The molecule has 0 atom stereocenters. The summed E-state index contributed by atoms with van der Waals surface area (Å²) < 4.78 is 40.3. The number of rotatable bonds is 5. The second kappa shape index (κ2) is 8.97. The molecular weight excluding hydrogens is 457 g/mol. The molecule has 1 saturated heterocycles. The van der Waals surface area contributed by atoms with Crippen molar-refractivity contribution in [3.8, 4) is 11.4 Å². The molecule has 2 N–H and O–H groups in total. The summed E-state index contributed by atoms with van der Waals surface area (Å²) >= 11 is 5.73. The van der Waals surface area contributed by atoms with E-state index in [0.717, 1.165) is 17.7 Å². The number of benzene rings is 2. The zero-order valence-electron chi connectivity index (χ0n) is 17.2. The fourth-order valence-electron chi connectivity index (χ4n) is 3.56. The number of sulfonamides is 1. The van der Waals surface area contributed by atoms with Crippen LogP contribution in [0.15, 0.2) is 47.4 Å². The molecular formula is C21H21ClFN5O3S. The van der Waals surface area contributed by atoms with Crippen LogP contribution in [0.2, 0.25) is 5.02 Å². The zero-order valence-corrected chi connectivity index (χ0v) is 18.8. The van der Waals surface area contributed by atoms with Gasteiger partial charge in [0, 0.05) is 30.3 Å². The molecule has 168 valence electrons. The predicted octanol–water partition coefficient (Wildman–Crippen LogP) is 3.61. The second-order valence-electron chi connectivity index (χ2n) is 7.57. The maximum atomic E-state index is 13.4. The molecule has 8 nitrogen and oxygen atoms in total. The Morgan fingerprint density at radius 2 is 1.88 bits per heavy atom. The summed E-state index contributed by atoms with van der Waals surface area (Å²) in [5.41, 5.74) is 1.47. The number of amides is 1. The minimum absolute atomic E-state index is 0.0616. The van der Waals surface area contributed by atoms with Crippen LogP contribution < -0.4 is 5.32 Å². The molecule has 0 unspecified atom stereocenters. The Labute approximate surface area is 189 Å². The standard InChI is InChI=1S/C21H21ClFN5O3S/c1-13-24-20(27-26-13)14-2-4-16(5-3-14)25-21(29)15-8-10-28(11-9-15)32(30,31)17-6-7-19(23)18(22)12-17/h2-7,12,15H,8-11H2,1H3,(H,25,29)(H,24,26,27). The summed E-state index contributed by atoms with van der Waals surface area (Å²) in [6.45, 7) is 2.20. The Bertz CT molecular complexity index is 1240. The summed E-state index contributed by atoms with van der Waals surface area (Å²) in [5.74, 6) is 0.149. The van der Waals surface area contributed by atoms with Crippen molar-refractivity contribution in [1.29, 1.82) is 0 Å². The summed E-state index contributed by atoms with van der Waals surface area (Å²) in [6, 6.07) is 10.5. The third-order valence-electron chi connectivity index (χ3n) is 5.36. The highest BCUT2D eigenvalue weighted by Crippen LogP contribution is 2.27. The largest absolute Gasteiger partial charge is 0.326 e. The molecule has 11 heteroatoms. The van der Waals surface area contributed by atoms with Crippen LogP contribution in [0.4, 0.5) is 10.1 Å². The lowest BCUT2D eigenvalue weighted by Crippen LogP contribution is -2.41. The summed E-state index contributed by atoms with van der Waals surface area (Å²) in [6.07, 6.45) is 0.767. The van der Waals surface area contributed by atoms with E-state index in [4.69, 9.17) is 11.6 Å². The minimum Gasteiger partial charge on any atom is -0.326 e. The van der Waals surface area contributed by atoms with Crippen LogP contribution in [0.5, 0.6) is 0 Å². The summed E-state index contributed by atoms with van der Waals surface area (Å²) in [7, 11) is -3.80. The maximum Gasteiger partial charge on any atom is 0.243 e. The van der Waals surface area contributed by atoms with Crippen LogP contribution in [-0.2, 0) is 14.8 Å². The fraction of sp³-hybridized carbons (Fsp3) is 0.286. The van der Waals surface area contributed by atoms with Gasteiger partial charge in [-0.15, -0.1) is 0 Å². The van der Waals surface area contributed by atoms with Crippen molar-refractivity contribution in [1.82, 2.24) is 19.5 Å². The molecule has 1 fully saturated rings. The summed E-state index contributed by atoms with van der Waals surface area (Å²) in [5, 5.41) is 9.52. The molecule has 1 amide bonds. The maximum absolute atomic E-state index is 13.4. The van der Waals surface area contributed by atoms with Crippen LogP contribution >= 0.6 is 11.6 Å². The van der Waals surface area contributed by atoms with E-state index in [0.29, 0.717) is 30.2 Å². The third-order valence-corrected chi connectivity index (χ3v) is 7.55. The number of aromatic nitrogens is 3. The number of aromatic amines is 1. The quantitative estimate of drug-likeness (QED) is 0.583. The average molecular weight is 478 g/mol. The molecule has 1 aliphatic rings. The van der Waals surface area contributed by atoms with E-state index in [1.807, 2.05) is 19.1 Å². The number of nitrogens with zero attached hydrogens (tertiary/aromatic N) is 3. The number of hydrogen-bond donors (Lipinski definition) is 2. The van der Waals surface area contributed by atoms with Crippen molar-refractivity contribution in [2.24, 2.45) is 5.92 Å². The smallest absolute Gasteiger partial charge is 0.243 e. The predicted molar refractivity (Wildman–Crippen MR) is 118 cm³/mol. The average Bonchev–Trinajstić information content (AvgIpc) is 3.22. The van der Waals surface area contributed by atoms with Gasteiger partial charge >= 0.3 is 0 Å². The molecule has 0 spiro atoms. The molecule has 0 bridgehead atoms. The number of nitrogens with one attached hydrogen (secondary N) is 2. The van der Waals surface area contributed by atoms with Crippen LogP contribution in [0.25, 0.3) is 11.4 Å². The number of H-pyrrole nitrogens is 1. The van der Waals surface area contributed by atoms with Crippen molar-refractivity contribution in [3.05, 3.63) is 59.1 Å². The normalized spacial score (nSPS) is 15.6. The number of piperidine rings is 1. The number of aryl methyl sites for hydroxylation is 1. The van der Waals surface area contributed by atoms with Gasteiger partial charge in [-0.2, -0.15) is 9.40 Å². The van der Waals surface area contributed by atoms with E-state index >= 15 is 0 Å². The lowest BCUT2D eigenvalue weighted by molar-refractivity contribution is -0.120. The van der Waals surface area contributed by atoms with E-state index in [1.165, 1.54) is 10.4 Å². The Kier molecular flexibility index (Phi) is 6.27. The first-order valence-corrected chi connectivity index (χ1v) is 11.8. The van der Waals surface area contributed by atoms with E-state index in [1.54, 1.807) is 12.1 Å². The van der Waals surface area contributed by atoms with Gasteiger partial charge in [0.1, 0.15) is 11.6 Å². The van der Waals surface area contributed by atoms with E-state index in [-0.39, 0.29) is 34.8 Å². The number of carbonyl (C=O) groups excluding carboxylic acids is 1. The van der Waals surface area contributed by atoms with Gasteiger partial charge in [-0.05, 0) is 62.2 Å². The number of hydrogen-bond acceptors (Lipinski definition) is 5. The number of anilines is 1. The molecule has 4 rings (SSSR count). The van der Waals surface area contributed by atoms with E-state index < -0.39 is 15.8 Å². The van der Waals surface area contributed by atoms with Crippen molar-refractivity contribution in [3.63, 3.8) is 0 Å². The van der Waals surface area contributed by atoms with Crippen LogP contribution in [-0.4, -0.2) is 46.9 Å². The van der Waals surface area contributed by atoms with E-state index in [9.17, 15) is 17.6 Å².